The molecule has 0 saturated heterocycles. The number of halogens is 1. The highest BCUT2D eigenvalue weighted by atomic mass is 35.5. The first kappa shape index (κ1) is 14.3. The maximum absolute atomic E-state index is 12.0. The van der Waals surface area contributed by atoms with Crippen molar-refractivity contribution in [3.63, 3.8) is 0 Å². The van der Waals surface area contributed by atoms with E-state index in [1.165, 1.54) is 12.1 Å². The van der Waals surface area contributed by atoms with Crippen LogP contribution in [-0.2, 0) is 10.0 Å². The van der Waals surface area contributed by atoms with Crippen LogP contribution >= 0.6 is 11.6 Å². The zero-order valence-electron chi connectivity index (χ0n) is 10.1. The van der Waals surface area contributed by atoms with Crippen LogP contribution in [0, 0.1) is 6.92 Å². The Morgan fingerprint density at radius 1 is 1.47 bits per heavy atom. The minimum Gasteiger partial charge on any atom is -0.397 e. The quantitative estimate of drug-likeness (QED) is 0.829. The van der Waals surface area contributed by atoms with Gasteiger partial charge in [0.25, 0.3) is 0 Å². The zero-order valence-corrected chi connectivity index (χ0v) is 11.7. The molecule has 4 nitrogen and oxygen atoms in total. The predicted octanol–water partition coefficient (Wildman–Crippen LogP) is 2.31. The van der Waals surface area contributed by atoms with E-state index in [1.807, 2.05) is 13.8 Å². The second-order valence-corrected chi connectivity index (χ2v) is 6.17. The molecule has 1 atom stereocenters. The molecule has 96 valence electrons. The molecular formula is C11H17ClN2O2S. The van der Waals surface area contributed by atoms with Crippen LogP contribution in [0.5, 0.6) is 0 Å². The summed E-state index contributed by atoms with van der Waals surface area (Å²) in [5.74, 6) is 0. The fraction of sp³-hybridized carbons (Fsp3) is 0.455. The number of aryl methyl sites for hydroxylation is 1. The van der Waals surface area contributed by atoms with Crippen molar-refractivity contribution in [2.24, 2.45) is 0 Å². The van der Waals surface area contributed by atoms with E-state index in [9.17, 15) is 8.42 Å². The molecule has 0 amide bonds. The molecule has 0 aromatic heterocycles. The Morgan fingerprint density at radius 3 is 2.53 bits per heavy atom. The Kier molecular flexibility index (Phi) is 4.41. The van der Waals surface area contributed by atoms with Crippen molar-refractivity contribution >= 4 is 27.3 Å². The third kappa shape index (κ3) is 3.34. The van der Waals surface area contributed by atoms with Gasteiger partial charge in [0.05, 0.1) is 15.6 Å². The smallest absolute Gasteiger partial charge is 0.240 e. The van der Waals surface area contributed by atoms with Gasteiger partial charge in [0.1, 0.15) is 0 Å². The van der Waals surface area contributed by atoms with E-state index in [1.54, 1.807) is 6.92 Å². The molecule has 0 radical (unpaired) electrons. The molecule has 0 bridgehead atoms. The number of sulfonamides is 1. The summed E-state index contributed by atoms with van der Waals surface area (Å²) in [7, 11) is -3.52. The van der Waals surface area contributed by atoms with Crippen LogP contribution in [0.25, 0.3) is 0 Å². The summed E-state index contributed by atoms with van der Waals surface area (Å²) in [5, 5.41) is 0.396. The summed E-state index contributed by atoms with van der Waals surface area (Å²) in [6.45, 7) is 5.44. The molecule has 0 heterocycles. The lowest BCUT2D eigenvalue weighted by Crippen LogP contribution is -2.32. The number of rotatable bonds is 4. The van der Waals surface area contributed by atoms with E-state index in [2.05, 4.69) is 4.72 Å². The highest BCUT2D eigenvalue weighted by Crippen LogP contribution is 2.26. The second kappa shape index (κ2) is 5.25. The van der Waals surface area contributed by atoms with Gasteiger partial charge in [0, 0.05) is 6.04 Å². The lowest BCUT2D eigenvalue weighted by Gasteiger charge is -2.13. The molecule has 1 aromatic rings. The molecule has 0 aliphatic rings. The number of hydrogen-bond donors (Lipinski definition) is 2. The molecule has 0 aliphatic carbocycles. The molecule has 0 fully saturated rings. The van der Waals surface area contributed by atoms with Gasteiger partial charge in [-0.05, 0) is 38.0 Å². The van der Waals surface area contributed by atoms with E-state index in [0.29, 0.717) is 10.6 Å². The first-order valence-corrected chi connectivity index (χ1v) is 7.22. The van der Waals surface area contributed by atoms with E-state index >= 15 is 0 Å². The molecule has 6 heteroatoms. The van der Waals surface area contributed by atoms with Crippen molar-refractivity contribution in [1.29, 1.82) is 0 Å². The van der Waals surface area contributed by atoms with Gasteiger partial charge in [0.2, 0.25) is 10.0 Å². The molecule has 0 saturated carbocycles. The molecular weight excluding hydrogens is 260 g/mol. The van der Waals surface area contributed by atoms with E-state index < -0.39 is 10.0 Å². The Morgan fingerprint density at radius 2 is 2.06 bits per heavy atom. The average molecular weight is 277 g/mol. The van der Waals surface area contributed by atoms with Gasteiger partial charge < -0.3 is 5.73 Å². The fourth-order valence-electron chi connectivity index (χ4n) is 1.33. The molecule has 1 rings (SSSR count). The van der Waals surface area contributed by atoms with Crippen molar-refractivity contribution in [3.05, 3.63) is 22.7 Å². The van der Waals surface area contributed by atoms with Crippen LogP contribution in [0.4, 0.5) is 5.69 Å². The summed E-state index contributed by atoms with van der Waals surface area (Å²) in [4.78, 5) is 0.150. The van der Waals surface area contributed by atoms with Crippen molar-refractivity contribution in [2.75, 3.05) is 5.73 Å². The number of anilines is 1. The van der Waals surface area contributed by atoms with Crippen LogP contribution < -0.4 is 10.5 Å². The van der Waals surface area contributed by atoms with Crippen molar-refractivity contribution in [3.8, 4) is 0 Å². The van der Waals surface area contributed by atoms with Gasteiger partial charge in [-0.3, -0.25) is 0 Å². The Labute approximate surface area is 107 Å². The van der Waals surface area contributed by atoms with Gasteiger partial charge in [0.15, 0.2) is 0 Å². The number of nitrogen functional groups attached to an aromatic ring is 1. The summed E-state index contributed by atoms with van der Waals surface area (Å²) >= 11 is 5.89. The third-order valence-corrected chi connectivity index (χ3v) is 4.62. The summed E-state index contributed by atoms with van der Waals surface area (Å²) in [5.41, 5.74) is 6.58. The van der Waals surface area contributed by atoms with Crippen molar-refractivity contribution in [2.45, 2.75) is 38.1 Å². The monoisotopic (exact) mass is 276 g/mol. The number of benzene rings is 1. The van der Waals surface area contributed by atoms with Gasteiger partial charge >= 0.3 is 0 Å². The summed E-state index contributed by atoms with van der Waals surface area (Å²) in [6.07, 6.45) is 0.723. The Balaban J connectivity index is 3.16. The van der Waals surface area contributed by atoms with Gasteiger partial charge in [-0.15, -0.1) is 0 Å². The predicted molar refractivity (Wildman–Crippen MR) is 70.7 cm³/mol. The first-order valence-electron chi connectivity index (χ1n) is 5.36. The Bertz CT molecular complexity index is 491. The van der Waals surface area contributed by atoms with E-state index in [-0.39, 0.29) is 16.6 Å². The largest absolute Gasteiger partial charge is 0.397 e. The van der Waals surface area contributed by atoms with Crippen LogP contribution in [0.15, 0.2) is 17.0 Å². The molecule has 1 unspecified atom stereocenters. The maximum atomic E-state index is 12.0. The topological polar surface area (TPSA) is 72.2 Å². The minimum absolute atomic E-state index is 0.114. The van der Waals surface area contributed by atoms with Gasteiger partial charge in [-0.1, -0.05) is 18.5 Å². The molecule has 0 aliphatic heterocycles. The standard InChI is InChI=1S/C11H17ClN2O2S/c1-4-8(3)14-17(15,16)9-5-7(2)11(12)10(13)6-9/h5-6,8,14H,4,13H2,1-3H3. The van der Waals surface area contributed by atoms with Crippen LogP contribution in [0.3, 0.4) is 0 Å². The molecule has 17 heavy (non-hydrogen) atoms. The highest BCUT2D eigenvalue weighted by Gasteiger charge is 2.18. The Hall–Kier alpha value is -0.780. The maximum Gasteiger partial charge on any atom is 0.240 e. The number of hydrogen-bond acceptors (Lipinski definition) is 3. The zero-order chi connectivity index (χ0) is 13.2. The summed E-state index contributed by atoms with van der Waals surface area (Å²) in [6, 6.07) is 2.78. The van der Waals surface area contributed by atoms with Crippen molar-refractivity contribution < 1.29 is 8.42 Å². The lowest BCUT2D eigenvalue weighted by atomic mass is 10.2. The van der Waals surface area contributed by atoms with Crippen molar-refractivity contribution in [1.82, 2.24) is 4.72 Å². The summed E-state index contributed by atoms with van der Waals surface area (Å²) < 4.78 is 26.6. The van der Waals surface area contributed by atoms with Crippen LogP contribution in [-0.4, -0.2) is 14.5 Å². The average Bonchev–Trinajstić information content (AvgIpc) is 2.24. The first-order chi connectivity index (χ1) is 7.77. The minimum atomic E-state index is -3.52. The molecule has 0 spiro atoms. The van der Waals surface area contributed by atoms with E-state index in [4.69, 9.17) is 17.3 Å². The number of nitrogens with one attached hydrogen (secondary N) is 1. The van der Waals surface area contributed by atoms with Crippen LogP contribution in [0.2, 0.25) is 5.02 Å². The third-order valence-electron chi connectivity index (χ3n) is 2.54. The molecule has 1 aromatic carbocycles. The highest BCUT2D eigenvalue weighted by molar-refractivity contribution is 7.89. The number of nitrogens with two attached hydrogens (primary N) is 1. The lowest BCUT2D eigenvalue weighted by molar-refractivity contribution is 0.556. The molecule has 3 N–H and O–H groups in total. The van der Waals surface area contributed by atoms with Gasteiger partial charge in [-0.2, -0.15) is 0 Å². The SMILES string of the molecule is CCC(C)NS(=O)(=O)c1cc(C)c(Cl)c(N)c1. The van der Waals surface area contributed by atoms with Crippen LogP contribution in [0.1, 0.15) is 25.8 Å². The second-order valence-electron chi connectivity index (χ2n) is 4.07. The van der Waals surface area contributed by atoms with E-state index in [0.717, 1.165) is 6.42 Å². The van der Waals surface area contributed by atoms with Gasteiger partial charge in [-0.25, -0.2) is 13.1 Å². The normalized spacial score (nSPS) is 13.6. The fourth-order valence-corrected chi connectivity index (χ4v) is 2.89.